The van der Waals surface area contributed by atoms with Gasteiger partial charge in [0.1, 0.15) is 6.04 Å². The molecule has 2 atom stereocenters. The molecule has 0 bridgehead atoms. The summed E-state index contributed by atoms with van der Waals surface area (Å²) in [5, 5.41) is 0. The molecule has 0 saturated carbocycles. The van der Waals surface area contributed by atoms with Crippen molar-refractivity contribution >= 4 is 12.3 Å². The number of nitrogens with zero attached hydrogens (tertiary/aromatic N) is 1. The first kappa shape index (κ1) is 8.60. The first-order chi connectivity index (χ1) is 5.70. The second-order valence-electron chi connectivity index (χ2n) is 2.73. The van der Waals surface area contributed by atoms with E-state index in [9.17, 15) is 9.59 Å². The van der Waals surface area contributed by atoms with Gasteiger partial charge >= 0.3 is 0 Å². The summed E-state index contributed by atoms with van der Waals surface area (Å²) in [7, 11) is 0. The van der Waals surface area contributed by atoms with E-state index in [4.69, 9.17) is 12.2 Å². The lowest BCUT2D eigenvalue weighted by Gasteiger charge is -2.19. The maximum Gasteiger partial charge on any atom is 0.240 e. The molecule has 0 aromatic rings. The molecule has 0 aromatic carbocycles. The molecule has 12 heavy (non-hydrogen) atoms. The Kier molecular flexibility index (Phi) is 2.34. The van der Waals surface area contributed by atoms with Crippen LogP contribution in [0.1, 0.15) is 12.8 Å². The van der Waals surface area contributed by atoms with E-state index in [-0.39, 0.29) is 6.04 Å². The first-order valence-electron chi connectivity index (χ1n) is 3.69. The van der Waals surface area contributed by atoms with Gasteiger partial charge in [0.2, 0.25) is 12.3 Å². The normalized spacial score (nSPS) is 28.1. The summed E-state index contributed by atoms with van der Waals surface area (Å²) in [5.74, 6) is 1.95. The summed E-state index contributed by atoms with van der Waals surface area (Å²) in [6.45, 7) is 0. The second-order valence-corrected chi connectivity index (χ2v) is 2.73. The van der Waals surface area contributed by atoms with Crippen molar-refractivity contribution in [3.05, 3.63) is 0 Å². The standard InChI is InChI=1S/C8H10N2O2/c1-2-6-3-4-7(8(9)12)10(6)5-11/h1,5-7H,3-4H2,(H2,9,12)/t6-,7-/m0/s1. The number of amides is 2. The number of likely N-dealkylation sites (tertiary alicyclic amines) is 1. The van der Waals surface area contributed by atoms with Crippen LogP contribution in [0.3, 0.4) is 0 Å². The Hall–Kier alpha value is -1.50. The van der Waals surface area contributed by atoms with Gasteiger partial charge in [-0.2, -0.15) is 0 Å². The monoisotopic (exact) mass is 166 g/mol. The Morgan fingerprint density at radius 3 is 2.75 bits per heavy atom. The molecular formula is C8H10N2O2. The van der Waals surface area contributed by atoms with E-state index in [0.717, 1.165) is 0 Å². The smallest absolute Gasteiger partial charge is 0.240 e. The van der Waals surface area contributed by atoms with Gasteiger partial charge in [0.25, 0.3) is 0 Å². The van der Waals surface area contributed by atoms with Crippen molar-refractivity contribution in [3.63, 3.8) is 0 Å². The minimum absolute atomic E-state index is 0.264. The van der Waals surface area contributed by atoms with E-state index in [2.05, 4.69) is 5.92 Å². The van der Waals surface area contributed by atoms with Gasteiger partial charge in [-0.25, -0.2) is 0 Å². The lowest BCUT2D eigenvalue weighted by Crippen LogP contribution is -2.42. The topological polar surface area (TPSA) is 63.4 Å². The average molecular weight is 166 g/mol. The molecule has 0 aromatic heterocycles. The molecule has 0 unspecified atom stereocenters. The molecule has 1 heterocycles. The highest BCUT2D eigenvalue weighted by atomic mass is 16.2. The van der Waals surface area contributed by atoms with Gasteiger partial charge in [0, 0.05) is 0 Å². The van der Waals surface area contributed by atoms with Gasteiger partial charge in [-0.3, -0.25) is 9.59 Å². The van der Waals surface area contributed by atoms with Crippen LogP contribution < -0.4 is 5.73 Å². The van der Waals surface area contributed by atoms with Gasteiger partial charge in [-0.05, 0) is 12.8 Å². The molecule has 1 aliphatic heterocycles. The predicted molar refractivity (Wildman–Crippen MR) is 42.7 cm³/mol. The minimum Gasteiger partial charge on any atom is -0.368 e. The zero-order valence-corrected chi connectivity index (χ0v) is 6.56. The Morgan fingerprint density at radius 2 is 2.33 bits per heavy atom. The van der Waals surface area contributed by atoms with Gasteiger partial charge in [-0.1, -0.05) is 5.92 Å². The molecule has 4 heteroatoms. The van der Waals surface area contributed by atoms with E-state index in [1.807, 2.05) is 0 Å². The third-order valence-corrected chi connectivity index (χ3v) is 2.08. The quantitative estimate of drug-likeness (QED) is 0.426. The van der Waals surface area contributed by atoms with Crippen LogP contribution in [0, 0.1) is 12.3 Å². The van der Waals surface area contributed by atoms with Crippen molar-refractivity contribution < 1.29 is 9.59 Å². The van der Waals surface area contributed by atoms with E-state index >= 15 is 0 Å². The highest BCUT2D eigenvalue weighted by Crippen LogP contribution is 2.21. The number of hydrogen-bond donors (Lipinski definition) is 1. The zero-order valence-electron chi connectivity index (χ0n) is 6.56. The van der Waals surface area contributed by atoms with Crippen molar-refractivity contribution in [1.29, 1.82) is 0 Å². The Bertz CT molecular complexity index is 244. The van der Waals surface area contributed by atoms with Gasteiger partial charge in [0.05, 0.1) is 6.04 Å². The molecule has 0 aliphatic carbocycles. The molecule has 64 valence electrons. The highest BCUT2D eigenvalue weighted by Gasteiger charge is 2.34. The Balaban J connectivity index is 2.77. The van der Waals surface area contributed by atoms with Crippen molar-refractivity contribution in [2.75, 3.05) is 0 Å². The minimum atomic E-state index is -0.511. The average Bonchev–Trinajstić information content (AvgIpc) is 2.46. The molecule has 1 fully saturated rings. The summed E-state index contributed by atoms with van der Waals surface area (Å²) in [4.78, 5) is 22.6. The number of nitrogens with two attached hydrogens (primary N) is 1. The van der Waals surface area contributed by atoms with Crippen LogP contribution in [0.5, 0.6) is 0 Å². The lowest BCUT2D eigenvalue weighted by atomic mass is 10.2. The number of hydrogen-bond acceptors (Lipinski definition) is 2. The molecule has 0 spiro atoms. The maximum atomic E-state index is 10.8. The number of rotatable bonds is 2. The molecule has 2 amide bonds. The highest BCUT2D eigenvalue weighted by molar-refractivity contribution is 5.82. The predicted octanol–water partition coefficient (Wildman–Crippen LogP) is -0.906. The summed E-state index contributed by atoms with van der Waals surface area (Å²) in [6, 6.07) is -0.774. The van der Waals surface area contributed by atoms with E-state index < -0.39 is 11.9 Å². The number of primary amides is 1. The van der Waals surface area contributed by atoms with Crippen molar-refractivity contribution in [2.45, 2.75) is 24.9 Å². The lowest BCUT2D eigenvalue weighted by molar-refractivity contribution is -0.129. The van der Waals surface area contributed by atoms with Crippen molar-refractivity contribution in [3.8, 4) is 12.3 Å². The largest absolute Gasteiger partial charge is 0.368 e. The molecule has 2 N–H and O–H groups in total. The van der Waals surface area contributed by atoms with E-state index in [1.54, 1.807) is 0 Å². The third kappa shape index (κ3) is 1.26. The van der Waals surface area contributed by atoms with Crippen molar-refractivity contribution in [1.82, 2.24) is 4.90 Å². The molecule has 1 saturated heterocycles. The van der Waals surface area contributed by atoms with Crippen LogP contribution >= 0.6 is 0 Å². The molecule has 1 aliphatic rings. The summed E-state index contributed by atoms with van der Waals surface area (Å²) in [6.07, 6.45) is 6.98. The van der Waals surface area contributed by atoms with Gasteiger partial charge in [0.15, 0.2) is 0 Å². The van der Waals surface area contributed by atoms with E-state index in [1.165, 1.54) is 4.90 Å². The molecule has 0 radical (unpaired) electrons. The van der Waals surface area contributed by atoms with E-state index in [0.29, 0.717) is 19.3 Å². The van der Waals surface area contributed by atoms with Crippen LogP contribution in [0.25, 0.3) is 0 Å². The fraction of sp³-hybridized carbons (Fsp3) is 0.500. The summed E-state index contributed by atoms with van der Waals surface area (Å²) < 4.78 is 0. The van der Waals surface area contributed by atoms with Gasteiger partial charge in [-0.15, -0.1) is 6.42 Å². The number of carbonyl (C=O) groups is 2. The van der Waals surface area contributed by atoms with Crippen LogP contribution in [-0.4, -0.2) is 29.3 Å². The fourth-order valence-electron chi connectivity index (χ4n) is 1.44. The zero-order chi connectivity index (χ0) is 9.14. The van der Waals surface area contributed by atoms with Crippen LogP contribution in [0.2, 0.25) is 0 Å². The summed E-state index contributed by atoms with van der Waals surface area (Å²) in [5.41, 5.74) is 5.07. The Morgan fingerprint density at radius 1 is 1.67 bits per heavy atom. The Labute approximate surface area is 70.7 Å². The number of carbonyl (C=O) groups excluding carboxylic acids is 2. The fourth-order valence-corrected chi connectivity index (χ4v) is 1.44. The van der Waals surface area contributed by atoms with Crippen molar-refractivity contribution in [2.24, 2.45) is 5.73 Å². The van der Waals surface area contributed by atoms with Crippen LogP contribution in [0.15, 0.2) is 0 Å². The molecule has 1 rings (SSSR count). The first-order valence-corrected chi connectivity index (χ1v) is 3.69. The summed E-state index contributed by atoms with van der Waals surface area (Å²) >= 11 is 0. The molecule has 4 nitrogen and oxygen atoms in total. The van der Waals surface area contributed by atoms with Crippen LogP contribution in [-0.2, 0) is 9.59 Å². The SMILES string of the molecule is C#C[C@H]1CC[C@@H](C(N)=O)N1C=O. The van der Waals surface area contributed by atoms with Gasteiger partial charge < -0.3 is 10.6 Å². The number of terminal acetylenes is 1. The third-order valence-electron chi connectivity index (χ3n) is 2.08. The van der Waals surface area contributed by atoms with Crippen LogP contribution in [0.4, 0.5) is 0 Å². The molecular weight excluding hydrogens is 156 g/mol. The maximum absolute atomic E-state index is 10.8. The second kappa shape index (κ2) is 3.26.